The summed E-state index contributed by atoms with van der Waals surface area (Å²) in [6.07, 6.45) is 3.53. The van der Waals surface area contributed by atoms with Gasteiger partial charge in [-0.3, -0.25) is 0 Å². The summed E-state index contributed by atoms with van der Waals surface area (Å²) in [5.41, 5.74) is 0.882. The molecule has 0 spiro atoms. The van der Waals surface area contributed by atoms with Crippen LogP contribution >= 0.6 is 0 Å². The highest BCUT2D eigenvalue weighted by molar-refractivity contribution is 5.47. The Bertz CT molecular complexity index is 528. The molecule has 0 aromatic carbocycles. The van der Waals surface area contributed by atoms with Gasteiger partial charge in [0, 0.05) is 25.2 Å². The van der Waals surface area contributed by atoms with Crippen LogP contribution in [0.2, 0.25) is 0 Å². The average molecular weight is 272 g/mol. The topological polar surface area (TPSA) is 75.6 Å². The smallest absolute Gasteiger partial charge is 0.132 e. The molecule has 2 rings (SSSR count). The monoisotopic (exact) mass is 272 g/mol. The summed E-state index contributed by atoms with van der Waals surface area (Å²) >= 11 is 0. The molecule has 20 heavy (non-hydrogen) atoms. The zero-order valence-corrected chi connectivity index (χ0v) is 11.9. The quantitative estimate of drug-likeness (QED) is 0.805. The van der Waals surface area contributed by atoms with Crippen LogP contribution in [0.1, 0.15) is 31.8 Å². The molecule has 0 aliphatic rings. The third kappa shape index (κ3) is 4.15. The van der Waals surface area contributed by atoms with Gasteiger partial charge in [-0.25, -0.2) is 9.97 Å². The molecule has 0 aliphatic carbocycles. The van der Waals surface area contributed by atoms with Crippen molar-refractivity contribution in [2.45, 2.75) is 33.2 Å². The molecule has 2 N–H and O–H groups in total. The van der Waals surface area contributed by atoms with Crippen LogP contribution in [0.25, 0.3) is 0 Å². The fourth-order valence-electron chi connectivity index (χ4n) is 1.70. The van der Waals surface area contributed by atoms with Gasteiger partial charge in [-0.1, -0.05) is 13.8 Å². The predicted octanol–water partition coefficient (Wildman–Crippen LogP) is 2.26. The Balaban J connectivity index is 2.06. The minimum absolute atomic E-state index is 0.598. The number of nitrogens with one attached hydrogen (secondary N) is 2. The van der Waals surface area contributed by atoms with E-state index in [2.05, 4.69) is 37.7 Å². The molecule has 0 saturated carbocycles. The third-order valence-electron chi connectivity index (χ3n) is 2.72. The van der Waals surface area contributed by atoms with E-state index < -0.39 is 0 Å². The van der Waals surface area contributed by atoms with E-state index in [4.69, 9.17) is 0 Å². The Labute approximate surface area is 119 Å². The maximum atomic E-state index is 4.46. The number of aryl methyl sites for hydroxylation is 1. The molecule has 2 aromatic heterocycles. The van der Waals surface area contributed by atoms with E-state index >= 15 is 0 Å². The average Bonchev–Trinajstić information content (AvgIpc) is 2.51. The van der Waals surface area contributed by atoms with Crippen molar-refractivity contribution in [2.24, 2.45) is 0 Å². The summed E-state index contributed by atoms with van der Waals surface area (Å²) in [6.45, 7) is 5.68. The van der Waals surface area contributed by atoms with Crippen molar-refractivity contribution in [2.75, 3.05) is 17.2 Å². The second kappa shape index (κ2) is 7.37. The summed E-state index contributed by atoms with van der Waals surface area (Å²) in [4.78, 5) is 8.92. The minimum atomic E-state index is 0.598. The number of rotatable bonds is 7. The molecule has 0 amide bonds. The molecule has 106 valence electrons. The molecule has 0 bridgehead atoms. The van der Waals surface area contributed by atoms with Crippen LogP contribution in [-0.4, -0.2) is 26.7 Å². The van der Waals surface area contributed by atoms with Crippen LogP contribution in [-0.2, 0) is 13.0 Å². The summed E-state index contributed by atoms with van der Waals surface area (Å²) in [5, 5.41) is 14.4. The van der Waals surface area contributed by atoms with Gasteiger partial charge in [0.25, 0.3) is 0 Å². The SMILES string of the molecule is CCCNc1cc(NCc2cccnn2)nc(CC)n1. The maximum absolute atomic E-state index is 4.46. The first-order chi connectivity index (χ1) is 9.81. The van der Waals surface area contributed by atoms with Crippen molar-refractivity contribution >= 4 is 11.6 Å². The number of aromatic nitrogens is 4. The lowest BCUT2D eigenvalue weighted by Gasteiger charge is -2.10. The van der Waals surface area contributed by atoms with Crippen LogP contribution in [0.4, 0.5) is 11.6 Å². The van der Waals surface area contributed by atoms with Gasteiger partial charge in [-0.2, -0.15) is 10.2 Å². The highest BCUT2D eigenvalue weighted by Gasteiger charge is 2.03. The Morgan fingerprint density at radius 1 is 1.10 bits per heavy atom. The standard InChI is InChI=1S/C14H20N6/c1-3-7-15-13-9-14(19-12(4-2)18-13)16-10-11-6-5-8-17-20-11/h5-6,8-9H,3-4,7,10H2,1-2H3,(H2,15,16,18,19). The molecule has 0 radical (unpaired) electrons. The molecule has 6 heteroatoms. The zero-order chi connectivity index (χ0) is 14.2. The summed E-state index contributed by atoms with van der Waals surface area (Å²) < 4.78 is 0. The van der Waals surface area contributed by atoms with E-state index in [1.165, 1.54) is 0 Å². The Morgan fingerprint density at radius 2 is 1.90 bits per heavy atom. The van der Waals surface area contributed by atoms with Crippen molar-refractivity contribution in [3.05, 3.63) is 35.9 Å². The molecule has 2 aromatic rings. The molecule has 2 heterocycles. The molecule has 0 unspecified atom stereocenters. The summed E-state index contributed by atoms with van der Waals surface area (Å²) in [7, 11) is 0. The van der Waals surface area contributed by atoms with Crippen molar-refractivity contribution in [3.63, 3.8) is 0 Å². The predicted molar refractivity (Wildman–Crippen MR) is 79.5 cm³/mol. The molecule has 0 saturated heterocycles. The lowest BCUT2D eigenvalue weighted by molar-refractivity contribution is 0.895. The first-order valence-electron chi connectivity index (χ1n) is 6.94. The second-order valence-electron chi connectivity index (χ2n) is 4.40. The minimum Gasteiger partial charge on any atom is -0.370 e. The zero-order valence-electron chi connectivity index (χ0n) is 11.9. The van der Waals surface area contributed by atoms with E-state index in [0.717, 1.165) is 42.5 Å². The van der Waals surface area contributed by atoms with Crippen molar-refractivity contribution in [3.8, 4) is 0 Å². The highest BCUT2D eigenvalue weighted by Crippen LogP contribution is 2.12. The molecule has 0 aliphatic heterocycles. The number of hydrogen-bond donors (Lipinski definition) is 2. The van der Waals surface area contributed by atoms with Gasteiger partial charge in [0.05, 0.1) is 12.2 Å². The second-order valence-corrected chi connectivity index (χ2v) is 4.40. The Morgan fingerprint density at radius 3 is 2.55 bits per heavy atom. The lowest BCUT2D eigenvalue weighted by Crippen LogP contribution is -2.09. The number of anilines is 2. The van der Waals surface area contributed by atoms with E-state index in [1.807, 2.05) is 25.1 Å². The van der Waals surface area contributed by atoms with Crippen molar-refractivity contribution in [1.29, 1.82) is 0 Å². The van der Waals surface area contributed by atoms with Crippen molar-refractivity contribution in [1.82, 2.24) is 20.2 Å². The normalized spacial score (nSPS) is 10.3. The Kier molecular flexibility index (Phi) is 5.23. The maximum Gasteiger partial charge on any atom is 0.132 e. The van der Waals surface area contributed by atoms with Gasteiger partial charge >= 0.3 is 0 Å². The van der Waals surface area contributed by atoms with Gasteiger partial charge in [-0.05, 0) is 18.6 Å². The van der Waals surface area contributed by atoms with E-state index in [9.17, 15) is 0 Å². The number of nitrogens with zero attached hydrogens (tertiary/aromatic N) is 4. The van der Waals surface area contributed by atoms with E-state index in [-0.39, 0.29) is 0 Å². The molecule has 0 atom stereocenters. The first kappa shape index (κ1) is 14.2. The molecular formula is C14H20N6. The summed E-state index contributed by atoms with van der Waals surface area (Å²) in [6, 6.07) is 5.72. The third-order valence-corrected chi connectivity index (χ3v) is 2.72. The molecule has 0 fully saturated rings. The fourth-order valence-corrected chi connectivity index (χ4v) is 1.70. The first-order valence-corrected chi connectivity index (χ1v) is 6.94. The van der Waals surface area contributed by atoms with E-state index in [0.29, 0.717) is 6.54 Å². The molecular weight excluding hydrogens is 252 g/mol. The van der Waals surface area contributed by atoms with Crippen LogP contribution < -0.4 is 10.6 Å². The molecule has 6 nitrogen and oxygen atoms in total. The largest absolute Gasteiger partial charge is 0.370 e. The Hall–Kier alpha value is -2.24. The van der Waals surface area contributed by atoms with Gasteiger partial charge in [0.15, 0.2) is 0 Å². The highest BCUT2D eigenvalue weighted by atomic mass is 15.1. The van der Waals surface area contributed by atoms with Crippen LogP contribution in [0.5, 0.6) is 0 Å². The van der Waals surface area contributed by atoms with E-state index in [1.54, 1.807) is 6.20 Å². The summed E-state index contributed by atoms with van der Waals surface area (Å²) in [5.74, 6) is 2.49. The van der Waals surface area contributed by atoms with Gasteiger partial charge in [0.2, 0.25) is 0 Å². The lowest BCUT2D eigenvalue weighted by atomic mass is 10.3. The van der Waals surface area contributed by atoms with Crippen LogP contribution in [0.3, 0.4) is 0 Å². The van der Waals surface area contributed by atoms with Crippen molar-refractivity contribution < 1.29 is 0 Å². The van der Waals surface area contributed by atoms with Gasteiger partial charge in [0.1, 0.15) is 17.5 Å². The van der Waals surface area contributed by atoms with Gasteiger partial charge in [-0.15, -0.1) is 0 Å². The van der Waals surface area contributed by atoms with Crippen LogP contribution in [0, 0.1) is 0 Å². The fraction of sp³-hybridized carbons (Fsp3) is 0.429. The number of hydrogen-bond acceptors (Lipinski definition) is 6. The van der Waals surface area contributed by atoms with Crippen LogP contribution in [0.15, 0.2) is 24.4 Å². The van der Waals surface area contributed by atoms with Gasteiger partial charge < -0.3 is 10.6 Å².